The molecule has 2 heteroatoms. The number of hydrogen-bond donors (Lipinski definition) is 1. The Balaban J connectivity index is 2.03. The Hall–Kier alpha value is -1.47. The second-order valence-electron chi connectivity index (χ2n) is 5.95. The highest BCUT2D eigenvalue weighted by Gasteiger charge is 2.20. The van der Waals surface area contributed by atoms with Gasteiger partial charge in [-0.2, -0.15) is 0 Å². The van der Waals surface area contributed by atoms with Gasteiger partial charge in [-0.25, -0.2) is 0 Å². The van der Waals surface area contributed by atoms with Crippen molar-refractivity contribution in [2.75, 3.05) is 0 Å². The van der Waals surface area contributed by atoms with Crippen LogP contribution in [0.4, 0.5) is 0 Å². The molecule has 1 fully saturated rings. The lowest BCUT2D eigenvalue weighted by Gasteiger charge is -2.19. The molecule has 2 aromatic rings. The van der Waals surface area contributed by atoms with Gasteiger partial charge < -0.3 is 5.11 Å². The van der Waals surface area contributed by atoms with Crippen molar-refractivity contribution in [1.82, 2.24) is 0 Å². The van der Waals surface area contributed by atoms with Crippen molar-refractivity contribution in [1.29, 1.82) is 0 Å². The first-order valence-corrected chi connectivity index (χ1v) is 8.21. The molecule has 21 heavy (non-hydrogen) atoms. The largest absolute Gasteiger partial charge is 0.507 e. The number of halogens is 1. The summed E-state index contributed by atoms with van der Waals surface area (Å²) in [7, 11) is 0. The molecular weight excluding hydrogens is 280 g/mol. The second-order valence-corrected chi connectivity index (χ2v) is 6.38. The zero-order chi connectivity index (χ0) is 14.7. The van der Waals surface area contributed by atoms with Gasteiger partial charge in [0.1, 0.15) is 5.75 Å². The van der Waals surface area contributed by atoms with Crippen LogP contribution in [0.2, 0.25) is 5.02 Å². The molecule has 1 aliphatic carbocycles. The zero-order valence-corrected chi connectivity index (χ0v) is 12.9. The molecule has 0 spiro atoms. The molecule has 1 saturated carbocycles. The minimum Gasteiger partial charge on any atom is -0.507 e. The van der Waals surface area contributed by atoms with E-state index in [1.807, 2.05) is 42.5 Å². The maximum absolute atomic E-state index is 10.8. The van der Waals surface area contributed by atoms with Crippen LogP contribution in [-0.2, 0) is 0 Å². The lowest BCUT2D eigenvalue weighted by Crippen LogP contribution is -1.99. The minimum atomic E-state index is 0.414. The highest BCUT2D eigenvalue weighted by molar-refractivity contribution is 6.31. The first-order valence-electron chi connectivity index (χ1n) is 7.83. The van der Waals surface area contributed by atoms with E-state index in [1.165, 1.54) is 25.7 Å². The van der Waals surface area contributed by atoms with E-state index in [-0.39, 0.29) is 0 Å². The summed E-state index contributed by atoms with van der Waals surface area (Å²) in [6.45, 7) is 0. The Bertz CT molecular complexity index is 598. The predicted molar refractivity (Wildman–Crippen MR) is 89.0 cm³/mol. The molecular formula is C19H21ClO. The van der Waals surface area contributed by atoms with Gasteiger partial charge in [0.05, 0.1) is 0 Å². The van der Waals surface area contributed by atoms with Gasteiger partial charge >= 0.3 is 0 Å². The Labute approximate surface area is 131 Å². The number of hydrogen-bond acceptors (Lipinski definition) is 1. The number of aromatic hydroxyl groups is 1. The summed E-state index contributed by atoms with van der Waals surface area (Å²) >= 11 is 6.32. The highest BCUT2D eigenvalue weighted by Crippen LogP contribution is 2.42. The monoisotopic (exact) mass is 300 g/mol. The van der Waals surface area contributed by atoms with Gasteiger partial charge in [-0.1, -0.05) is 67.6 Å². The molecule has 0 unspecified atom stereocenters. The third-order valence-corrected chi connectivity index (χ3v) is 4.70. The van der Waals surface area contributed by atoms with Gasteiger partial charge in [-0.15, -0.1) is 0 Å². The van der Waals surface area contributed by atoms with Crippen LogP contribution in [-0.4, -0.2) is 5.11 Å². The fourth-order valence-corrected chi connectivity index (χ4v) is 3.59. The van der Waals surface area contributed by atoms with E-state index < -0.39 is 0 Å². The van der Waals surface area contributed by atoms with Crippen LogP contribution in [0.1, 0.15) is 50.0 Å². The standard InChI is InChI=1S/C19H21ClO/c20-16-12-17(14-8-4-1-2-5-9-14)19(21)18(13-16)15-10-6-3-7-11-15/h3,6-7,10-14,21H,1-2,4-5,8-9H2. The number of benzene rings is 2. The summed E-state index contributed by atoms with van der Waals surface area (Å²) in [5.41, 5.74) is 2.90. The maximum Gasteiger partial charge on any atom is 0.126 e. The van der Waals surface area contributed by atoms with Crippen LogP contribution >= 0.6 is 11.6 Å². The molecule has 2 aromatic carbocycles. The molecule has 0 saturated heterocycles. The summed E-state index contributed by atoms with van der Waals surface area (Å²) < 4.78 is 0. The van der Waals surface area contributed by atoms with Crippen LogP contribution in [0.25, 0.3) is 11.1 Å². The van der Waals surface area contributed by atoms with E-state index >= 15 is 0 Å². The van der Waals surface area contributed by atoms with Gasteiger partial charge in [0.25, 0.3) is 0 Å². The fourth-order valence-electron chi connectivity index (χ4n) is 3.36. The van der Waals surface area contributed by atoms with E-state index in [2.05, 4.69) is 0 Å². The van der Waals surface area contributed by atoms with Crippen molar-refractivity contribution in [2.24, 2.45) is 0 Å². The quantitative estimate of drug-likeness (QED) is 0.659. The van der Waals surface area contributed by atoms with Crippen molar-refractivity contribution in [2.45, 2.75) is 44.4 Å². The molecule has 0 aromatic heterocycles. The summed E-state index contributed by atoms with van der Waals surface area (Å²) in [6.07, 6.45) is 7.42. The minimum absolute atomic E-state index is 0.414. The van der Waals surface area contributed by atoms with Gasteiger partial charge in [-0.3, -0.25) is 0 Å². The Kier molecular flexibility index (Phi) is 4.50. The lowest BCUT2D eigenvalue weighted by atomic mass is 9.88. The molecule has 0 radical (unpaired) electrons. The Morgan fingerprint density at radius 3 is 2.24 bits per heavy atom. The van der Waals surface area contributed by atoms with Crippen molar-refractivity contribution in [3.8, 4) is 16.9 Å². The molecule has 1 nitrogen and oxygen atoms in total. The SMILES string of the molecule is Oc1c(-c2ccccc2)cc(Cl)cc1C1CCCCCC1. The van der Waals surface area contributed by atoms with Crippen molar-refractivity contribution >= 4 is 11.6 Å². The van der Waals surface area contributed by atoms with Gasteiger partial charge in [0, 0.05) is 10.6 Å². The van der Waals surface area contributed by atoms with E-state index in [4.69, 9.17) is 11.6 Å². The normalized spacial score (nSPS) is 16.6. The Morgan fingerprint density at radius 2 is 1.57 bits per heavy atom. The Morgan fingerprint density at radius 1 is 0.905 bits per heavy atom. The fraction of sp³-hybridized carbons (Fsp3) is 0.368. The number of rotatable bonds is 2. The smallest absolute Gasteiger partial charge is 0.126 e. The summed E-state index contributed by atoms with van der Waals surface area (Å²) in [5.74, 6) is 0.853. The lowest BCUT2D eigenvalue weighted by molar-refractivity contribution is 0.455. The molecule has 110 valence electrons. The molecule has 0 amide bonds. The summed E-state index contributed by atoms with van der Waals surface area (Å²) in [6, 6.07) is 13.8. The molecule has 0 heterocycles. The molecule has 0 aliphatic heterocycles. The van der Waals surface area contributed by atoms with E-state index in [0.29, 0.717) is 16.7 Å². The topological polar surface area (TPSA) is 20.2 Å². The van der Waals surface area contributed by atoms with Crippen LogP contribution in [0, 0.1) is 0 Å². The first kappa shape index (κ1) is 14.5. The van der Waals surface area contributed by atoms with Crippen LogP contribution in [0.5, 0.6) is 5.75 Å². The van der Waals surface area contributed by atoms with E-state index in [1.54, 1.807) is 0 Å². The molecule has 1 N–H and O–H groups in total. The highest BCUT2D eigenvalue weighted by atomic mass is 35.5. The van der Waals surface area contributed by atoms with Crippen LogP contribution in [0.3, 0.4) is 0 Å². The molecule has 0 atom stereocenters. The van der Waals surface area contributed by atoms with Crippen molar-refractivity contribution < 1.29 is 5.11 Å². The molecule has 3 rings (SSSR count). The maximum atomic E-state index is 10.8. The third kappa shape index (κ3) is 3.24. The van der Waals surface area contributed by atoms with Crippen LogP contribution in [0.15, 0.2) is 42.5 Å². The van der Waals surface area contributed by atoms with E-state index in [9.17, 15) is 5.11 Å². The number of phenols is 1. The van der Waals surface area contributed by atoms with Gasteiger partial charge in [-0.05, 0) is 42.0 Å². The summed E-state index contributed by atoms with van der Waals surface area (Å²) in [4.78, 5) is 0. The predicted octanol–water partition coefficient (Wildman–Crippen LogP) is 6.15. The van der Waals surface area contributed by atoms with Crippen LogP contribution < -0.4 is 0 Å². The number of phenolic OH excluding ortho intramolecular Hbond substituents is 1. The molecule has 1 aliphatic rings. The molecule has 0 bridgehead atoms. The first-order chi connectivity index (χ1) is 10.3. The van der Waals surface area contributed by atoms with E-state index in [0.717, 1.165) is 29.5 Å². The average molecular weight is 301 g/mol. The second kappa shape index (κ2) is 6.53. The van der Waals surface area contributed by atoms with Gasteiger partial charge in [0.2, 0.25) is 0 Å². The van der Waals surface area contributed by atoms with Crippen molar-refractivity contribution in [3.05, 3.63) is 53.1 Å². The van der Waals surface area contributed by atoms with Crippen molar-refractivity contribution in [3.63, 3.8) is 0 Å². The zero-order valence-electron chi connectivity index (χ0n) is 12.2. The average Bonchev–Trinajstić information content (AvgIpc) is 2.79. The summed E-state index contributed by atoms with van der Waals surface area (Å²) in [5, 5.41) is 11.5. The third-order valence-electron chi connectivity index (χ3n) is 4.48. The van der Waals surface area contributed by atoms with Gasteiger partial charge in [0.15, 0.2) is 0 Å².